The number of carbonyl (C=O) groups is 1. The quantitative estimate of drug-likeness (QED) is 0.922. The van der Waals surface area contributed by atoms with E-state index in [0.29, 0.717) is 11.7 Å². The Morgan fingerprint density at radius 3 is 3.14 bits per heavy atom. The first-order valence-electron chi connectivity index (χ1n) is 7.50. The number of carbonyl (C=O) groups excluding carboxylic acids is 1. The Kier molecular flexibility index (Phi) is 5.15. The van der Waals surface area contributed by atoms with Crippen molar-refractivity contribution in [1.82, 2.24) is 9.88 Å². The molecule has 1 fully saturated rings. The summed E-state index contributed by atoms with van der Waals surface area (Å²) < 4.78 is 0. The first-order chi connectivity index (χ1) is 10.1. The zero-order chi connectivity index (χ0) is 15.2. The monoisotopic (exact) mass is 286 g/mol. The Balaban J connectivity index is 2.00. The summed E-state index contributed by atoms with van der Waals surface area (Å²) in [5.74, 6) is 0.140. The molecule has 5 nitrogen and oxygen atoms in total. The summed E-state index contributed by atoms with van der Waals surface area (Å²) in [6.07, 6.45) is 5.32. The molecule has 1 aliphatic heterocycles. The number of aromatic nitrogens is 1. The van der Waals surface area contributed by atoms with Gasteiger partial charge in [0.05, 0.1) is 18.2 Å². The lowest BCUT2D eigenvalue weighted by Crippen LogP contribution is -2.48. The van der Waals surface area contributed by atoms with Gasteiger partial charge in [0, 0.05) is 24.5 Å². The van der Waals surface area contributed by atoms with Gasteiger partial charge in [-0.25, -0.2) is 0 Å². The van der Waals surface area contributed by atoms with E-state index in [1.807, 2.05) is 24.0 Å². The van der Waals surface area contributed by atoms with Crippen LogP contribution in [-0.4, -0.2) is 34.4 Å². The highest BCUT2D eigenvalue weighted by Crippen LogP contribution is 2.18. The van der Waals surface area contributed by atoms with Gasteiger partial charge >= 0.3 is 0 Å². The van der Waals surface area contributed by atoms with Gasteiger partial charge in [-0.15, -0.1) is 0 Å². The van der Waals surface area contributed by atoms with E-state index in [1.54, 1.807) is 6.20 Å². The van der Waals surface area contributed by atoms with Crippen LogP contribution in [0.3, 0.4) is 0 Å². The number of rotatable bonds is 4. The van der Waals surface area contributed by atoms with Gasteiger partial charge in [-0.2, -0.15) is 5.26 Å². The largest absolute Gasteiger partial charge is 0.374 e. The topological polar surface area (TPSA) is 69.0 Å². The minimum absolute atomic E-state index is 0.140. The van der Waals surface area contributed by atoms with Gasteiger partial charge in [0.2, 0.25) is 5.91 Å². The lowest BCUT2D eigenvalue weighted by atomic mass is 10.0. The number of nitrogens with one attached hydrogen (secondary N) is 1. The van der Waals surface area contributed by atoms with Crippen LogP contribution in [0.15, 0.2) is 18.3 Å². The smallest absolute Gasteiger partial charge is 0.245 e. The van der Waals surface area contributed by atoms with E-state index in [1.165, 1.54) is 6.42 Å². The van der Waals surface area contributed by atoms with Crippen LogP contribution in [0.4, 0.5) is 5.69 Å². The molecule has 1 aliphatic rings. The van der Waals surface area contributed by atoms with E-state index < -0.39 is 0 Å². The molecule has 1 aromatic rings. The molecule has 0 unspecified atom stereocenters. The minimum atomic E-state index is -0.275. The molecule has 0 radical (unpaired) electrons. The summed E-state index contributed by atoms with van der Waals surface area (Å²) in [5, 5.41) is 11.9. The molecule has 1 amide bonds. The first-order valence-corrected chi connectivity index (χ1v) is 7.50. The highest BCUT2D eigenvalue weighted by atomic mass is 16.2. The van der Waals surface area contributed by atoms with Gasteiger partial charge in [0.15, 0.2) is 0 Å². The fourth-order valence-electron chi connectivity index (χ4n) is 2.73. The lowest BCUT2D eigenvalue weighted by molar-refractivity contribution is -0.134. The van der Waals surface area contributed by atoms with Crippen LogP contribution in [0.2, 0.25) is 0 Å². The molecule has 5 heteroatoms. The average Bonchev–Trinajstić information content (AvgIpc) is 2.48. The highest BCUT2D eigenvalue weighted by molar-refractivity contribution is 5.84. The fraction of sp³-hybridized carbons (Fsp3) is 0.562. The molecule has 0 saturated carbocycles. The fourth-order valence-corrected chi connectivity index (χ4v) is 2.73. The second kappa shape index (κ2) is 7.07. The molecule has 0 bridgehead atoms. The maximum Gasteiger partial charge on any atom is 0.245 e. The van der Waals surface area contributed by atoms with E-state index >= 15 is 0 Å². The summed E-state index contributed by atoms with van der Waals surface area (Å²) >= 11 is 0. The van der Waals surface area contributed by atoms with Crippen LogP contribution in [0.1, 0.15) is 38.8 Å². The molecule has 1 N–H and O–H groups in total. The SMILES string of the molecule is C[C@@H]1CCCCN1C(=O)[C@@H](C)Nc1ccnc(CC#N)c1. The van der Waals surface area contributed by atoms with Crippen LogP contribution in [-0.2, 0) is 11.2 Å². The molecule has 0 aromatic carbocycles. The molecule has 112 valence electrons. The average molecular weight is 286 g/mol. The van der Waals surface area contributed by atoms with E-state index in [-0.39, 0.29) is 18.4 Å². The Morgan fingerprint density at radius 2 is 2.43 bits per heavy atom. The van der Waals surface area contributed by atoms with Gasteiger partial charge in [-0.1, -0.05) is 0 Å². The van der Waals surface area contributed by atoms with Crippen LogP contribution in [0, 0.1) is 11.3 Å². The van der Waals surface area contributed by atoms with Gasteiger partial charge in [0.1, 0.15) is 6.04 Å². The predicted molar refractivity (Wildman–Crippen MR) is 81.7 cm³/mol. The normalized spacial score (nSPS) is 19.7. The van der Waals surface area contributed by atoms with Crippen molar-refractivity contribution < 1.29 is 4.79 Å². The first kappa shape index (κ1) is 15.3. The summed E-state index contributed by atoms with van der Waals surface area (Å²) in [5.41, 5.74) is 1.55. The Morgan fingerprint density at radius 1 is 1.62 bits per heavy atom. The second-order valence-electron chi connectivity index (χ2n) is 5.61. The van der Waals surface area contributed by atoms with Crippen LogP contribution >= 0.6 is 0 Å². The number of hydrogen-bond donors (Lipinski definition) is 1. The predicted octanol–water partition coefficient (Wildman–Crippen LogP) is 2.35. The van der Waals surface area contributed by atoms with Crippen molar-refractivity contribution in [3.8, 4) is 6.07 Å². The number of nitriles is 1. The lowest BCUT2D eigenvalue weighted by Gasteiger charge is -2.35. The Bertz CT molecular complexity index is 537. The van der Waals surface area contributed by atoms with Crippen LogP contribution < -0.4 is 5.32 Å². The molecule has 0 aliphatic carbocycles. The van der Waals surface area contributed by atoms with E-state index in [2.05, 4.69) is 23.3 Å². The van der Waals surface area contributed by atoms with E-state index in [0.717, 1.165) is 25.1 Å². The maximum atomic E-state index is 12.5. The van der Waals surface area contributed by atoms with Crippen LogP contribution in [0.25, 0.3) is 0 Å². The Hall–Kier alpha value is -2.09. The van der Waals surface area contributed by atoms with Crippen molar-refractivity contribution in [2.75, 3.05) is 11.9 Å². The van der Waals surface area contributed by atoms with Crippen molar-refractivity contribution in [3.05, 3.63) is 24.0 Å². The molecule has 2 heterocycles. The summed E-state index contributed by atoms with van der Waals surface area (Å²) in [7, 11) is 0. The zero-order valence-corrected chi connectivity index (χ0v) is 12.7. The maximum absolute atomic E-state index is 12.5. The summed E-state index contributed by atoms with van der Waals surface area (Å²) in [6.45, 7) is 4.84. The third-order valence-electron chi connectivity index (χ3n) is 3.92. The molecule has 21 heavy (non-hydrogen) atoms. The molecule has 0 spiro atoms. The van der Waals surface area contributed by atoms with Crippen molar-refractivity contribution in [2.45, 2.75) is 51.6 Å². The third-order valence-corrected chi connectivity index (χ3v) is 3.92. The summed E-state index contributed by atoms with van der Waals surface area (Å²) in [4.78, 5) is 18.6. The number of likely N-dealkylation sites (tertiary alicyclic amines) is 1. The van der Waals surface area contributed by atoms with Crippen molar-refractivity contribution >= 4 is 11.6 Å². The molecule has 1 aromatic heterocycles. The number of nitrogens with zero attached hydrogens (tertiary/aromatic N) is 3. The van der Waals surface area contributed by atoms with Crippen molar-refractivity contribution in [3.63, 3.8) is 0 Å². The van der Waals surface area contributed by atoms with E-state index in [4.69, 9.17) is 5.26 Å². The van der Waals surface area contributed by atoms with Crippen molar-refractivity contribution in [1.29, 1.82) is 5.26 Å². The molecular formula is C16H22N4O. The number of hydrogen-bond acceptors (Lipinski definition) is 4. The number of anilines is 1. The number of amides is 1. The van der Waals surface area contributed by atoms with Crippen molar-refractivity contribution in [2.24, 2.45) is 0 Å². The van der Waals surface area contributed by atoms with Gasteiger partial charge in [0.25, 0.3) is 0 Å². The van der Waals surface area contributed by atoms with Gasteiger partial charge in [-0.3, -0.25) is 9.78 Å². The standard InChI is InChI=1S/C16H22N4O/c1-12-5-3-4-10-20(12)16(21)13(2)19-15-7-9-18-14(11-15)6-8-17/h7,9,11-13H,3-6,10H2,1-2H3,(H,18,19)/t12-,13-/m1/s1. The third kappa shape index (κ3) is 3.94. The molecule has 1 saturated heterocycles. The molecule has 2 atom stereocenters. The van der Waals surface area contributed by atoms with Gasteiger partial charge in [-0.05, 0) is 45.2 Å². The minimum Gasteiger partial charge on any atom is -0.374 e. The zero-order valence-electron chi connectivity index (χ0n) is 12.7. The number of piperidine rings is 1. The highest BCUT2D eigenvalue weighted by Gasteiger charge is 2.26. The van der Waals surface area contributed by atoms with E-state index in [9.17, 15) is 4.79 Å². The number of pyridine rings is 1. The second-order valence-corrected chi connectivity index (χ2v) is 5.61. The molecular weight excluding hydrogens is 264 g/mol. The summed E-state index contributed by atoms with van der Waals surface area (Å²) in [6, 6.07) is 5.78. The van der Waals surface area contributed by atoms with Crippen LogP contribution in [0.5, 0.6) is 0 Å². The Labute approximate surface area is 126 Å². The van der Waals surface area contributed by atoms with Gasteiger partial charge < -0.3 is 10.2 Å². The molecule has 2 rings (SSSR count).